The number of halogens is 3. The van der Waals surface area contributed by atoms with E-state index in [0.717, 1.165) is 17.8 Å². The molecule has 0 saturated heterocycles. The van der Waals surface area contributed by atoms with Crippen molar-refractivity contribution in [3.63, 3.8) is 0 Å². The summed E-state index contributed by atoms with van der Waals surface area (Å²) >= 11 is 0. The second-order valence-corrected chi connectivity index (χ2v) is 5.20. The number of nitrogens with zero attached hydrogens (tertiary/aromatic N) is 1. The van der Waals surface area contributed by atoms with E-state index >= 15 is 0 Å². The molecule has 0 heterocycles. The molecule has 0 aliphatic rings. The Hall–Kier alpha value is -1.91. The van der Waals surface area contributed by atoms with Crippen molar-refractivity contribution < 1.29 is 17.9 Å². The predicted octanol–water partition coefficient (Wildman–Crippen LogP) is 5.67. The van der Waals surface area contributed by atoms with Crippen molar-refractivity contribution in [2.24, 2.45) is 0 Å². The monoisotopic (exact) mass is 313 g/mol. The standard InChI is InChI=1S/C17H22F3NO/c1-6-12(2)13(3)11-14(4)21(5)15-7-9-16(10-8-15)22-17(18,19)20/h7-11H,6H2,1-5H3/b13-12+,14-11-. The molecule has 0 unspecified atom stereocenters. The van der Waals surface area contributed by atoms with E-state index in [1.165, 1.54) is 23.3 Å². The number of hydrogen-bond acceptors (Lipinski definition) is 2. The second-order valence-electron chi connectivity index (χ2n) is 5.20. The third-order valence-electron chi connectivity index (χ3n) is 3.62. The molecule has 0 bridgehead atoms. The maximum Gasteiger partial charge on any atom is 0.573 e. The highest BCUT2D eigenvalue weighted by molar-refractivity contribution is 5.53. The molecule has 0 saturated carbocycles. The van der Waals surface area contributed by atoms with Gasteiger partial charge in [-0.3, -0.25) is 0 Å². The molecule has 5 heteroatoms. The Kier molecular flexibility index (Phi) is 6.09. The van der Waals surface area contributed by atoms with Crippen LogP contribution in [0.1, 0.15) is 34.1 Å². The van der Waals surface area contributed by atoms with Crippen LogP contribution in [-0.4, -0.2) is 13.4 Å². The largest absolute Gasteiger partial charge is 0.573 e. The van der Waals surface area contributed by atoms with Crippen LogP contribution in [0, 0.1) is 0 Å². The van der Waals surface area contributed by atoms with Crippen LogP contribution < -0.4 is 9.64 Å². The normalized spacial score (nSPS) is 13.7. The van der Waals surface area contributed by atoms with Crippen molar-refractivity contribution in [3.05, 3.63) is 47.2 Å². The lowest BCUT2D eigenvalue weighted by molar-refractivity contribution is -0.274. The first-order valence-electron chi connectivity index (χ1n) is 7.08. The zero-order valence-electron chi connectivity index (χ0n) is 13.6. The van der Waals surface area contributed by atoms with Crippen LogP contribution in [-0.2, 0) is 0 Å². The van der Waals surface area contributed by atoms with Crippen molar-refractivity contribution in [1.82, 2.24) is 0 Å². The second kappa shape index (κ2) is 7.38. The van der Waals surface area contributed by atoms with Crippen LogP contribution in [0.15, 0.2) is 47.2 Å². The molecule has 2 nitrogen and oxygen atoms in total. The summed E-state index contributed by atoms with van der Waals surface area (Å²) in [6.07, 6.45) is -1.61. The van der Waals surface area contributed by atoms with Crippen molar-refractivity contribution in [3.8, 4) is 5.75 Å². The summed E-state index contributed by atoms with van der Waals surface area (Å²) in [4.78, 5) is 1.92. The van der Waals surface area contributed by atoms with E-state index in [-0.39, 0.29) is 5.75 Å². The van der Waals surface area contributed by atoms with Gasteiger partial charge in [0, 0.05) is 18.4 Å². The summed E-state index contributed by atoms with van der Waals surface area (Å²) in [5, 5.41) is 0. The Balaban J connectivity index is 2.90. The van der Waals surface area contributed by atoms with E-state index < -0.39 is 6.36 Å². The minimum atomic E-state index is -4.66. The highest BCUT2D eigenvalue weighted by atomic mass is 19.4. The molecular weight excluding hydrogens is 291 g/mol. The minimum absolute atomic E-state index is 0.218. The van der Waals surface area contributed by atoms with Crippen molar-refractivity contribution in [2.75, 3.05) is 11.9 Å². The first-order chi connectivity index (χ1) is 10.1. The Morgan fingerprint density at radius 1 is 1.14 bits per heavy atom. The Labute approximate surface area is 129 Å². The Morgan fingerprint density at radius 2 is 1.68 bits per heavy atom. The van der Waals surface area contributed by atoms with Gasteiger partial charge in [-0.05, 0) is 57.5 Å². The average molecular weight is 313 g/mol. The van der Waals surface area contributed by atoms with E-state index in [1.54, 1.807) is 12.1 Å². The quantitative estimate of drug-likeness (QED) is 0.649. The van der Waals surface area contributed by atoms with Gasteiger partial charge in [-0.1, -0.05) is 18.1 Å². The molecule has 0 fully saturated rings. The Bertz CT molecular complexity index is 556. The maximum atomic E-state index is 12.1. The lowest BCUT2D eigenvalue weighted by Gasteiger charge is -2.21. The zero-order valence-corrected chi connectivity index (χ0v) is 13.6. The van der Waals surface area contributed by atoms with Crippen LogP contribution in [0.3, 0.4) is 0 Å². The fourth-order valence-electron chi connectivity index (χ4n) is 1.89. The lowest BCUT2D eigenvalue weighted by Crippen LogP contribution is -2.17. The lowest BCUT2D eigenvalue weighted by atomic mass is 10.1. The summed E-state index contributed by atoms with van der Waals surface area (Å²) < 4.78 is 40.3. The first-order valence-corrected chi connectivity index (χ1v) is 7.08. The van der Waals surface area contributed by atoms with Gasteiger partial charge in [0.1, 0.15) is 5.75 Å². The van der Waals surface area contributed by atoms with Crippen LogP contribution in [0.5, 0.6) is 5.75 Å². The number of alkyl halides is 3. The third-order valence-corrected chi connectivity index (χ3v) is 3.62. The molecule has 0 aromatic heterocycles. The highest BCUT2D eigenvalue weighted by Gasteiger charge is 2.30. The zero-order chi connectivity index (χ0) is 16.9. The number of allylic oxidation sites excluding steroid dienone is 4. The number of ether oxygens (including phenoxy) is 1. The maximum absolute atomic E-state index is 12.1. The molecule has 1 rings (SSSR count). The van der Waals surface area contributed by atoms with Crippen LogP contribution in [0.2, 0.25) is 0 Å². The van der Waals surface area contributed by atoms with Gasteiger partial charge in [0.2, 0.25) is 0 Å². The van der Waals surface area contributed by atoms with E-state index in [9.17, 15) is 13.2 Å². The van der Waals surface area contributed by atoms with Crippen LogP contribution in [0.4, 0.5) is 18.9 Å². The molecule has 0 aliphatic carbocycles. The van der Waals surface area contributed by atoms with Crippen molar-refractivity contribution in [1.29, 1.82) is 0 Å². The fraction of sp³-hybridized carbons (Fsp3) is 0.412. The molecule has 0 N–H and O–H groups in total. The Morgan fingerprint density at radius 3 is 2.14 bits per heavy atom. The smallest absolute Gasteiger partial charge is 0.406 e. The van der Waals surface area contributed by atoms with Gasteiger partial charge >= 0.3 is 6.36 Å². The van der Waals surface area contributed by atoms with Crippen molar-refractivity contribution in [2.45, 2.75) is 40.5 Å². The summed E-state index contributed by atoms with van der Waals surface area (Å²) in [6, 6.07) is 5.83. The summed E-state index contributed by atoms with van der Waals surface area (Å²) in [6.45, 7) is 8.20. The molecule has 0 aliphatic heterocycles. The van der Waals surface area contributed by atoms with Crippen LogP contribution in [0.25, 0.3) is 0 Å². The predicted molar refractivity (Wildman–Crippen MR) is 84.0 cm³/mol. The van der Waals surface area contributed by atoms with E-state index in [4.69, 9.17) is 0 Å². The molecule has 0 radical (unpaired) electrons. The van der Waals surface area contributed by atoms with Crippen molar-refractivity contribution >= 4 is 5.69 Å². The van der Waals surface area contributed by atoms with Crippen LogP contribution >= 0.6 is 0 Å². The molecule has 1 aromatic carbocycles. The SMILES string of the molecule is CC/C(C)=C(C)/C=C(/C)N(C)c1ccc(OC(F)(F)F)cc1. The van der Waals surface area contributed by atoms with Gasteiger partial charge in [0.15, 0.2) is 0 Å². The minimum Gasteiger partial charge on any atom is -0.406 e. The molecule has 0 atom stereocenters. The number of benzene rings is 1. The number of anilines is 1. The molecular formula is C17H22F3NO. The number of hydrogen-bond donors (Lipinski definition) is 0. The average Bonchev–Trinajstić information content (AvgIpc) is 2.44. The topological polar surface area (TPSA) is 12.5 Å². The fourth-order valence-corrected chi connectivity index (χ4v) is 1.89. The molecule has 22 heavy (non-hydrogen) atoms. The summed E-state index contributed by atoms with van der Waals surface area (Å²) in [5.74, 6) is -0.218. The molecule has 0 spiro atoms. The first kappa shape index (κ1) is 18.1. The van der Waals surface area contributed by atoms with Gasteiger partial charge in [-0.15, -0.1) is 13.2 Å². The number of rotatable bonds is 5. The third kappa shape index (κ3) is 5.47. The van der Waals surface area contributed by atoms with Gasteiger partial charge in [0.05, 0.1) is 0 Å². The summed E-state index contributed by atoms with van der Waals surface area (Å²) in [7, 11) is 1.88. The highest BCUT2D eigenvalue weighted by Crippen LogP contribution is 2.26. The molecule has 0 amide bonds. The van der Waals surface area contributed by atoms with E-state index in [1.807, 2.05) is 18.9 Å². The van der Waals surface area contributed by atoms with E-state index in [2.05, 4.69) is 31.6 Å². The van der Waals surface area contributed by atoms with Gasteiger partial charge in [0.25, 0.3) is 0 Å². The molecule has 122 valence electrons. The summed E-state index contributed by atoms with van der Waals surface area (Å²) in [5.41, 5.74) is 4.31. The van der Waals surface area contributed by atoms with E-state index in [0.29, 0.717) is 0 Å². The van der Waals surface area contributed by atoms with Gasteiger partial charge < -0.3 is 9.64 Å². The van der Waals surface area contributed by atoms with Gasteiger partial charge in [-0.2, -0.15) is 0 Å². The molecule has 1 aromatic rings. The van der Waals surface area contributed by atoms with Gasteiger partial charge in [-0.25, -0.2) is 0 Å².